The summed E-state index contributed by atoms with van der Waals surface area (Å²) in [7, 11) is 0. The maximum Gasteiger partial charge on any atom is 0.233 e. The maximum absolute atomic E-state index is 11.9. The van der Waals surface area contributed by atoms with Crippen molar-refractivity contribution in [3.8, 4) is 0 Å². The number of nitrogens with one attached hydrogen (secondary N) is 2. The molecular weight excluding hydrogens is 335 g/mol. The van der Waals surface area contributed by atoms with Crippen molar-refractivity contribution >= 4 is 40.7 Å². The minimum Gasteiger partial charge on any atom is -0.349 e. The summed E-state index contributed by atoms with van der Waals surface area (Å²) < 4.78 is 0. The summed E-state index contributed by atoms with van der Waals surface area (Å²) in [6.45, 7) is 1.87. The smallest absolute Gasteiger partial charge is 0.233 e. The first-order chi connectivity index (χ1) is 11.0. The van der Waals surface area contributed by atoms with E-state index in [0.29, 0.717) is 15.7 Å². The van der Waals surface area contributed by atoms with E-state index in [0.717, 1.165) is 5.56 Å². The van der Waals surface area contributed by atoms with Gasteiger partial charge in [-0.15, -0.1) is 0 Å². The molecule has 0 saturated heterocycles. The number of hydrogen-bond donors (Lipinski definition) is 2. The lowest BCUT2D eigenvalue weighted by Crippen LogP contribution is -2.30. The molecule has 0 spiro atoms. The Morgan fingerprint density at radius 3 is 2.35 bits per heavy atom. The molecule has 23 heavy (non-hydrogen) atoms. The van der Waals surface area contributed by atoms with E-state index in [-0.39, 0.29) is 18.4 Å². The topological polar surface area (TPSA) is 58.2 Å². The molecule has 120 valence electrons. The first-order valence-electron chi connectivity index (χ1n) is 7.05. The first-order valence-corrected chi connectivity index (χ1v) is 7.80. The summed E-state index contributed by atoms with van der Waals surface area (Å²) in [5, 5.41) is 6.14. The third-order valence-corrected chi connectivity index (χ3v) is 3.94. The number of carbonyl (C=O) groups excluding carboxylic acids is 2. The Labute approximate surface area is 144 Å². The molecule has 2 aromatic rings. The molecule has 1 atom stereocenters. The van der Waals surface area contributed by atoms with Crippen molar-refractivity contribution in [1.29, 1.82) is 0 Å². The Balaban J connectivity index is 1.87. The van der Waals surface area contributed by atoms with Crippen molar-refractivity contribution in [2.45, 2.75) is 19.4 Å². The summed E-state index contributed by atoms with van der Waals surface area (Å²) >= 11 is 11.7. The molecule has 4 nitrogen and oxygen atoms in total. The lowest BCUT2D eigenvalue weighted by molar-refractivity contribution is -0.127. The molecule has 0 aliphatic carbocycles. The predicted octanol–water partition coefficient (Wildman–Crippen LogP) is 4.20. The molecule has 0 saturated carbocycles. The number of anilines is 1. The van der Waals surface area contributed by atoms with E-state index < -0.39 is 5.91 Å². The van der Waals surface area contributed by atoms with Crippen molar-refractivity contribution in [3.05, 3.63) is 64.1 Å². The van der Waals surface area contributed by atoms with Crippen LogP contribution in [0.15, 0.2) is 48.5 Å². The molecule has 0 heterocycles. The Hall–Kier alpha value is -2.04. The van der Waals surface area contributed by atoms with Gasteiger partial charge < -0.3 is 10.6 Å². The highest BCUT2D eigenvalue weighted by atomic mass is 35.5. The van der Waals surface area contributed by atoms with Crippen LogP contribution in [0, 0.1) is 0 Å². The average Bonchev–Trinajstić information content (AvgIpc) is 2.51. The van der Waals surface area contributed by atoms with Crippen molar-refractivity contribution in [1.82, 2.24) is 5.32 Å². The number of hydrogen-bond acceptors (Lipinski definition) is 2. The molecule has 0 aliphatic heterocycles. The van der Waals surface area contributed by atoms with Crippen LogP contribution in [-0.4, -0.2) is 11.8 Å². The molecule has 2 aromatic carbocycles. The summed E-state index contributed by atoms with van der Waals surface area (Å²) in [4.78, 5) is 23.8. The Bertz CT molecular complexity index is 705. The van der Waals surface area contributed by atoms with Gasteiger partial charge in [-0.3, -0.25) is 9.59 Å². The van der Waals surface area contributed by atoms with Gasteiger partial charge in [0.1, 0.15) is 6.42 Å². The normalized spacial score (nSPS) is 11.6. The second-order valence-electron chi connectivity index (χ2n) is 5.05. The van der Waals surface area contributed by atoms with Crippen LogP contribution in [0.1, 0.15) is 24.9 Å². The summed E-state index contributed by atoms with van der Waals surface area (Å²) in [6.07, 6.45) is -0.266. The van der Waals surface area contributed by atoms with E-state index in [1.54, 1.807) is 12.1 Å². The van der Waals surface area contributed by atoms with E-state index in [4.69, 9.17) is 23.2 Å². The third-order valence-electron chi connectivity index (χ3n) is 3.20. The van der Waals surface area contributed by atoms with Gasteiger partial charge in [0.25, 0.3) is 0 Å². The van der Waals surface area contributed by atoms with E-state index in [2.05, 4.69) is 10.6 Å². The van der Waals surface area contributed by atoms with E-state index >= 15 is 0 Å². The van der Waals surface area contributed by atoms with Gasteiger partial charge >= 0.3 is 0 Å². The Morgan fingerprint density at radius 2 is 1.70 bits per heavy atom. The fourth-order valence-electron chi connectivity index (χ4n) is 2.04. The standard InChI is InChI=1S/C17H16Cl2N2O2/c1-11(12-5-3-2-4-6-12)20-16(22)10-17(23)21-13-7-8-14(18)15(19)9-13/h2-9,11H,10H2,1H3,(H,20,22)(H,21,23). The maximum atomic E-state index is 11.9. The largest absolute Gasteiger partial charge is 0.349 e. The molecule has 2 N–H and O–H groups in total. The highest BCUT2D eigenvalue weighted by Gasteiger charge is 2.13. The van der Waals surface area contributed by atoms with Crippen LogP contribution in [-0.2, 0) is 9.59 Å². The van der Waals surface area contributed by atoms with Crippen LogP contribution < -0.4 is 10.6 Å². The molecule has 0 aliphatic rings. The zero-order valence-electron chi connectivity index (χ0n) is 12.5. The van der Waals surface area contributed by atoms with Gasteiger partial charge in [0.15, 0.2) is 0 Å². The van der Waals surface area contributed by atoms with Crippen LogP contribution in [0.4, 0.5) is 5.69 Å². The number of carbonyl (C=O) groups is 2. The van der Waals surface area contributed by atoms with Crippen LogP contribution in [0.25, 0.3) is 0 Å². The molecule has 2 amide bonds. The highest BCUT2D eigenvalue weighted by molar-refractivity contribution is 6.42. The molecule has 6 heteroatoms. The van der Waals surface area contributed by atoms with Crippen LogP contribution >= 0.6 is 23.2 Å². The molecule has 0 bridgehead atoms. The number of benzene rings is 2. The van der Waals surface area contributed by atoms with Gasteiger partial charge in [0.2, 0.25) is 11.8 Å². The van der Waals surface area contributed by atoms with Gasteiger partial charge in [0, 0.05) is 5.69 Å². The van der Waals surface area contributed by atoms with Crippen molar-refractivity contribution in [2.24, 2.45) is 0 Å². The van der Waals surface area contributed by atoms with Crippen molar-refractivity contribution in [2.75, 3.05) is 5.32 Å². The Morgan fingerprint density at radius 1 is 1.00 bits per heavy atom. The lowest BCUT2D eigenvalue weighted by atomic mass is 10.1. The second-order valence-corrected chi connectivity index (χ2v) is 5.87. The van der Waals surface area contributed by atoms with Crippen LogP contribution in [0.5, 0.6) is 0 Å². The van der Waals surface area contributed by atoms with Gasteiger partial charge in [-0.25, -0.2) is 0 Å². The minimum absolute atomic E-state index is 0.165. The number of rotatable bonds is 5. The molecular formula is C17H16Cl2N2O2. The van der Waals surface area contributed by atoms with Gasteiger partial charge in [-0.2, -0.15) is 0 Å². The molecule has 0 radical (unpaired) electrons. The van der Waals surface area contributed by atoms with E-state index in [1.165, 1.54) is 6.07 Å². The zero-order chi connectivity index (χ0) is 16.8. The number of amides is 2. The summed E-state index contributed by atoms with van der Waals surface area (Å²) in [5.41, 5.74) is 1.47. The summed E-state index contributed by atoms with van der Waals surface area (Å²) in [5.74, 6) is -0.764. The van der Waals surface area contributed by atoms with Crippen molar-refractivity contribution in [3.63, 3.8) is 0 Å². The monoisotopic (exact) mass is 350 g/mol. The molecule has 2 rings (SSSR count). The fourth-order valence-corrected chi connectivity index (χ4v) is 2.34. The molecule has 0 aromatic heterocycles. The summed E-state index contributed by atoms with van der Waals surface area (Å²) in [6, 6.07) is 14.1. The van der Waals surface area contributed by atoms with Gasteiger partial charge in [0.05, 0.1) is 16.1 Å². The van der Waals surface area contributed by atoms with E-state index in [1.807, 2.05) is 37.3 Å². The lowest BCUT2D eigenvalue weighted by Gasteiger charge is -2.14. The third kappa shape index (κ3) is 5.27. The minimum atomic E-state index is -0.416. The van der Waals surface area contributed by atoms with Gasteiger partial charge in [-0.05, 0) is 30.7 Å². The fraction of sp³-hybridized carbons (Fsp3) is 0.176. The van der Waals surface area contributed by atoms with Gasteiger partial charge in [-0.1, -0.05) is 53.5 Å². The average molecular weight is 351 g/mol. The van der Waals surface area contributed by atoms with Crippen molar-refractivity contribution < 1.29 is 9.59 Å². The van der Waals surface area contributed by atoms with Crippen LogP contribution in [0.2, 0.25) is 10.0 Å². The predicted molar refractivity (Wildman–Crippen MR) is 92.7 cm³/mol. The Kier molecular flexibility index (Phi) is 6.02. The SMILES string of the molecule is CC(NC(=O)CC(=O)Nc1ccc(Cl)c(Cl)c1)c1ccccc1. The van der Waals surface area contributed by atoms with Crippen LogP contribution in [0.3, 0.4) is 0 Å². The molecule has 0 fully saturated rings. The quantitative estimate of drug-likeness (QED) is 0.794. The molecule has 1 unspecified atom stereocenters. The van der Waals surface area contributed by atoms with E-state index in [9.17, 15) is 9.59 Å². The second kappa shape index (κ2) is 7.99. The highest BCUT2D eigenvalue weighted by Crippen LogP contribution is 2.25. The zero-order valence-corrected chi connectivity index (χ0v) is 14.0. The first kappa shape index (κ1) is 17.3. The number of halogens is 2.